The van der Waals surface area contributed by atoms with Gasteiger partial charge in [0, 0.05) is 38.4 Å². The number of hydrogen-bond acceptors (Lipinski definition) is 4. The van der Waals surface area contributed by atoms with Crippen LogP contribution in [-0.2, 0) is 14.6 Å². The zero-order valence-electron chi connectivity index (χ0n) is 13.4. The third kappa shape index (κ3) is 4.79. The second kappa shape index (κ2) is 7.12. The van der Waals surface area contributed by atoms with Gasteiger partial charge in [-0.3, -0.25) is 9.59 Å². The summed E-state index contributed by atoms with van der Waals surface area (Å²) in [6, 6.07) is 6.04. The third-order valence-electron chi connectivity index (χ3n) is 4.07. The molecule has 1 saturated heterocycles. The molecular weight excluding hydrogens is 316 g/mol. The summed E-state index contributed by atoms with van der Waals surface area (Å²) in [5, 5.41) is 2.81. The van der Waals surface area contributed by atoms with E-state index in [9.17, 15) is 18.0 Å². The number of likely N-dealkylation sites (tertiary alicyclic amines) is 1. The van der Waals surface area contributed by atoms with Crippen molar-refractivity contribution in [2.24, 2.45) is 5.92 Å². The fourth-order valence-corrected chi connectivity index (χ4v) is 3.29. The number of piperidine rings is 1. The van der Waals surface area contributed by atoms with E-state index in [0.717, 1.165) is 19.1 Å². The normalized spacial score (nSPS) is 16.2. The fourth-order valence-electron chi connectivity index (χ4n) is 2.66. The van der Waals surface area contributed by atoms with Crippen LogP contribution < -0.4 is 5.32 Å². The molecule has 2 amide bonds. The van der Waals surface area contributed by atoms with Crippen LogP contribution in [0.15, 0.2) is 29.2 Å². The minimum absolute atomic E-state index is 0.0329. The standard InChI is InChI=1S/C16H22N2O4S/c1-12(19)17-11-13-7-9-18(10-8-13)16(20)14-3-5-15(6-4-14)23(2,21)22/h3-6,13H,7-11H2,1-2H3,(H,17,19). The zero-order chi connectivity index (χ0) is 17.0. The van der Waals surface area contributed by atoms with Crippen molar-refractivity contribution in [2.75, 3.05) is 25.9 Å². The molecule has 1 aliphatic rings. The molecule has 0 radical (unpaired) electrons. The molecule has 1 aliphatic heterocycles. The number of nitrogens with one attached hydrogen (secondary N) is 1. The number of rotatable bonds is 4. The Hall–Kier alpha value is -1.89. The lowest BCUT2D eigenvalue weighted by atomic mass is 9.96. The summed E-state index contributed by atoms with van der Waals surface area (Å²) in [5.74, 6) is 0.285. The van der Waals surface area contributed by atoms with E-state index < -0.39 is 9.84 Å². The molecule has 1 N–H and O–H groups in total. The highest BCUT2D eigenvalue weighted by atomic mass is 32.2. The molecule has 0 spiro atoms. The minimum Gasteiger partial charge on any atom is -0.356 e. The van der Waals surface area contributed by atoms with Gasteiger partial charge in [0.05, 0.1) is 4.90 Å². The van der Waals surface area contributed by atoms with E-state index in [1.54, 1.807) is 17.0 Å². The first-order valence-corrected chi connectivity index (χ1v) is 9.50. The fraction of sp³-hybridized carbons (Fsp3) is 0.500. The van der Waals surface area contributed by atoms with E-state index in [4.69, 9.17) is 0 Å². The maximum Gasteiger partial charge on any atom is 0.253 e. The summed E-state index contributed by atoms with van der Waals surface area (Å²) in [7, 11) is -3.25. The number of amides is 2. The molecule has 23 heavy (non-hydrogen) atoms. The van der Waals surface area contributed by atoms with Crippen LogP contribution in [0.2, 0.25) is 0 Å². The van der Waals surface area contributed by atoms with Gasteiger partial charge in [-0.1, -0.05) is 0 Å². The number of sulfone groups is 1. The van der Waals surface area contributed by atoms with E-state index in [1.165, 1.54) is 19.1 Å². The first-order valence-electron chi connectivity index (χ1n) is 7.61. The SMILES string of the molecule is CC(=O)NCC1CCN(C(=O)c2ccc(S(C)(=O)=O)cc2)CC1. The van der Waals surface area contributed by atoms with Crippen LogP contribution in [0, 0.1) is 5.92 Å². The number of benzene rings is 1. The van der Waals surface area contributed by atoms with Crippen LogP contribution in [0.3, 0.4) is 0 Å². The Morgan fingerprint density at radius 3 is 2.22 bits per heavy atom. The minimum atomic E-state index is -3.25. The predicted octanol–water partition coefficient (Wildman–Crippen LogP) is 1.08. The van der Waals surface area contributed by atoms with Crippen LogP contribution >= 0.6 is 0 Å². The summed E-state index contributed by atoms with van der Waals surface area (Å²) in [6.45, 7) is 3.45. The average molecular weight is 338 g/mol. The second-order valence-corrected chi connectivity index (χ2v) is 7.98. The Morgan fingerprint density at radius 1 is 1.17 bits per heavy atom. The van der Waals surface area contributed by atoms with Gasteiger partial charge in [0.1, 0.15) is 0 Å². The quantitative estimate of drug-likeness (QED) is 0.890. The van der Waals surface area contributed by atoms with Gasteiger partial charge in [0.2, 0.25) is 5.91 Å². The molecule has 0 aromatic heterocycles. The van der Waals surface area contributed by atoms with Gasteiger partial charge in [0.15, 0.2) is 9.84 Å². The molecular formula is C16H22N2O4S. The van der Waals surface area contributed by atoms with Gasteiger partial charge in [0.25, 0.3) is 5.91 Å². The van der Waals surface area contributed by atoms with Gasteiger partial charge in [-0.25, -0.2) is 8.42 Å². The first kappa shape index (κ1) is 17.5. The molecule has 2 rings (SSSR count). The van der Waals surface area contributed by atoms with Gasteiger partial charge in [-0.2, -0.15) is 0 Å². The van der Waals surface area contributed by atoms with Crippen LogP contribution in [-0.4, -0.2) is 51.0 Å². The highest BCUT2D eigenvalue weighted by Crippen LogP contribution is 2.19. The highest BCUT2D eigenvalue weighted by Gasteiger charge is 2.23. The molecule has 1 aromatic rings. The third-order valence-corrected chi connectivity index (χ3v) is 5.20. The molecule has 0 aliphatic carbocycles. The molecule has 1 heterocycles. The van der Waals surface area contributed by atoms with Crippen molar-refractivity contribution in [2.45, 2.75) is 24.7 Å². The van der Waals surface area contributed by atoms with E-state index >= 15 is 0 Å². The summed E-state index contributed by atoms with van der Waals surface area (Å²) in [5.41, 5.74) is 0.498. The van der Waals surface area contributed by atoms with Crippen LogP contribution in [0.4, 0.5) is 0 Å². The number of hydrogen-bond donors (Lipinski definition) is 1. The van der Waals surface area contributed by atoms with Crippen molar-refractivity contribution in [3.8, 4) is 0 Å². The Morgan fingerprint density at radius 2 is 1.74 bits per heavy atom. The average Bonchev–Trinajstić information content (AvgIpc) is 2.52. The molecule has 0 atom stereocenters. The van der Waals surface area contributed by atoms with E-state index in [-0.39, 0.29) is 16.7 Å². The molecule has 0 bridgehead atoms. The van der Waals surface area contributed by atoms with Crippen LogP contribution in [0.1, 0.15) is 30.1 Å². The smallest absolute Gasteiger partial charge is 0.253 e. The van der Waals surface area contributed by atoms with Crippen molar-refractivity contribution in [1.29, 1.82) is 0 Å². The maximum atomic E-state index is 12.4. The lowest BCUT2D eigenvalue weighted by Gasteiger charge is -2.32. The lowest BCUT2D eigenvalue weighted by Crippen LogP contribution is -2.41. The van der Waals surface area contributed by atoms with Crippen LogP contribution in [0.25, 0.3) is 0 Å². The van der Waals surface area contributed by atoms with Crippen molar-refractivity contribution in [3.63, 3.8) is 0 Å². The van der Waals surface area contributed by atoms with Gasteiger partial charge >= 0.3 is 0 Å². The zero-order valence-corrected chi connectivity index (χ0v) is 14.2. The molecule has 0 saturated carbocycles. The monoisotopic (exact) mass is 338 g/mol. The van der Waals surface area contributed by atoms with E-state index in [2.05, 4.69) is 5.32 Å². The molecule has 1 fully saturated rings. The predicted molar refractivity (Wildman–Crippen MR) is 86.9 cm³/mol. The van der Waals surface area contributed by atoms with Crippen molar-refractivity contribution in [1.82, 2.24) is 10.2 Å². The largest absolute Gasteiger partial charge is 0.356 e. The van der Waals surface area contributed by atoms with Crippen molar-refractivity contribution < 1.29 is 18.0 Å². The second-order valence-electron chi connectivity index (χ2n) is 5.97. The van der Waals surface area contributed by atoms with Gasteiger partial charge in [-0.15, -0.1) is 0 Å². The molecule has 0 unspecified atom stereocenters. The van der Waals surface area contributed by atoms with Gasteiger partial charge < -0.3 is 10.2 Å². The van der Waals surface area contributed by atoms with Crippen molar-refractivity contribution >= 4 is 21.7 Å². The molecule has 6 nitrogen and oxygen atoms in total. The molecule has 7 heteroatoms. The number of nitrogens with zero attached hydrogens (tertiary/aromatic N) is 1. The first-order chi connectivity index (χ1) is 10.8. The van der Waals surface area contributed by atoms with Crippen molar-refractivity contribution in [3.05, 3.63) is 29.8 Å². The molecule has 126 valence electrons. The summed E-state index contributed by atoms with van der Waals surface area (Å²) < 4.78 is 22.9. The van der Waals surface area contributed by atoms with Gasteiger partial charge in [-0.05, 0) is 43.0 Å². The maximum absolute atomic E-state index is 12.4. The summed E-state index contributed by atoms with van der Waals surface area (Å²) in [6.07, 6.45) is 2.85. The molecule has 1 aromatic carbocycles. The van der Waals surface area contributed by atoms with E-state index in [1.807, 2.05) is 0 Å². The Balaban J connectivity index is 1.93. The number of carbonyl (C=O) groups is 2. The Kier molecular flexibility index (Phi) is 5.41. The highest BCUT2D eigenvalue weighted by molar-refractivity contribution is 7.90. The lowest BCUT2D eigenvalue weighted by molar-refractivity contribution is -0.119. The summed E-state index contributed by atoms with van der Waals surface area (Å²) >= 11 is 0. The number of carbonyl (C=O) groups excluding carboxylic acids is 2. The van der Waals surface area contributed by atoms with E-state index in [0.29, 0.717) is 31.1 Å². The van der Waals surface area contributed by atoms with Crippen LogP contribution in [0.5, 0.6) is 0 Å². The Labute approximate surface area is 136 Å². The summed E-state index contributed by atoms with van der Waals surface area (Å²) in [4.78, 5) is 25.4. The topological polar surface area (TPSA) is 83.6 Å². The Bertz CT molecular complexity index is 675.